The predicted molar refractivity (Wildman–Crippen MR) is 109 cm³/mol. The smallest absolute Gasteiger partial charge is 0.247 e. The summed E-state index contributed by atoms with van der Waals surface area (Å²) >= 11 is 0. The quantitative estimate of drug-likeness (QED) is 0.693. The van der Waals surface area contributed by atoms with Crippen LogP contribution < -0.4 is 10.2 Å². The molecule has 3 aromatic rings. The van der Waals surface area contributed by atoms with E-state index in [1.807, 2.05) is 43.3 Å². The topological polar surface area (TPSA) is 88.3 Å². The van der Waals surface area contributed by atoms with Crippen LogP contribution in [-0.2, 0) is 16.0 Å². The molecule has 7 heteroatoms. The predicted octanol–water partition coefficient (Wildman–Crippen LogP) is 3.74. The molecule has 1 aliphatic heterocycles. The second-order valence-electron chi connectivity index (χ2n) is 7.11. The lowest BCUT2D eigenvalue weighted by Crippen LogP contribution is -2.23. The second-order valence-corrected chi connectivity index (χ2v) is 7.11. The molecule has 7 nitrogen and oxygen atoms in total. The van der Waals surface area contributed by atoms with E-state index in [2.05, 4.69) is 15.5 Å². The van der Waals surface area contributed by atoms with Gasteiger partial charge in [0.05, 0.1) is 0 Å². The van der Waals surface area contributed by atoms with Crippen molar-refractivity contribution in [3.8, 4) is 11.5 Å². The molecule has 0 atom stereocenters. The number of amides is 2. The molecule has 1 fully saturated rings. The van der Waals surface area contributed by atoms with E-state index >= 15 is 0 Å². The molecule has 29 heavy (non-hydrogen) atoms. The first-order valence-electron chi connectivity index (χ1n) is 9.68. The number of nitrogens with one attached hydrogen (secondary N) is 1. The van der Waals surface area contributed by atoms with Gasteiger partial charge in [0.2, 0.25) is 23.6 Å². The number of aromatic nitrogens is 2. The molecule has 2 heterocycles. The van der Waals surface area contributed by atoms with Crippen molar-refractivity contribution in [2.75, 3.05) is 16.8 Å². The van der Waals surface area contributed by atoms with Gasteiger partial charge in [-0.25, -0.2) is 0 Å². The summed E-state index contributed by atoms with van der Waals surface area (Å²) in [6.45, 7) is 2.76. The molecule has 0 unspecified atom stereocenters. The van der Waals surface area contributed by atoms with E-state index in [0.29, 0.717) is 30.3 Å². The lowest BCUT2D eigenvalue weighted by molar-refractivity contribution is -0.117. The standard InChI is InChI=1S/C22H22N4O3/c1-15-4-6-16(7-5-15)22-25-24-20(29-22)13-12-19(27)23-17-8-10-18(11-9-17)26-14-2-3-21(26)28/h4-11H,2-3,12-14H2,1H3,(H,23,27). The van der Waals surface area contributed by atoms with Gasteiger partial charge < -0.3 is 14.6 Å². The average Bonchev–Trinajstić information content (AvgIpc) is 3.37. The van der Waals surface area contributed by atoms with E-state index in [0.717, 1.165) is 29.8 Å². The molecule has 0 bridgehead atoms. The molecular formula is C22H22N4O3. The summed E-state index contributed by atoms with van der Waals surface area (Å²) in [4.78, 5) is 25.8. The van der Waals surface area contributed by atoms with E-state index in [1.165, 1.54) is 0 Å². The van der Waals surface area contributed by atoms with Crippen LogP contribution in [0.5, 0.6) is 0 Å². The van der Waals surface area contributed by atoms with E-state index in [1.54, 1.807) is 17.0 Å². The van der Waals surface area contributed by atoms with E-state index in [9.17, 15) is 9.59 Å². The highest BCUT2D eigenvalue weighted by atomic mass is 16.4. The summed E-state index contributed by atoms with van der Waals surface area (Å²) < 4.78 is 5.65. The third-order valence-electron chi connectivity index (χ3n) is 4.87. The first-order chi connectivity index (χ1) is 14.1. The fourth-order valence-corrected chi connectivity index (χ4v) is 3.26. The highest BCUT2D eigenvalue weighted by molar-refractivity contribution is 5.96. The Morgan fingerprint density at radius 3 is 2.55 bits per heavy atom. The van der Waals surface area contributed by atoms with Gasteiger partial charge in [0.15, 0.2) is 0 Å². The third-order valence-corrected chi connectivity index (χ3v) is 4.87. The Morgan fingerprint density at radius 1 is 1.10 bits per heavy atom. The first-order valence-corrected chi connectivity index (χ1v) is 9.68. The lowest BCUT2D eigenvalue weighted by atomic mass is 10.1. The third kappa shape index (κ3) is 4.51. The van der Waals surface area contributed by atoms with Crippen molar-refractivity contribution >= 4 is 23.2 Å². The van der Waals surface area contributed by atoms with Gasteiger partial charge in [-0.3, -0.25) is 9.59 Å². The molecule has 1 aliphatic rings. The number of carbonyl (C=O) groups excluding carboxylic acids is 2. The molecule has 1 aromatic heterocycles. The first kappa shape index (κ1) is 18.9. The number of hydrogen-bond acceptors (Lipinski definition) is 5. The Kier molecular flexibility index (Phi) is 5.37. The van der Waals surface area contributed by atoms with Crippen LogP contribution in [0.2, 0.25) is 0 Å². The van der Waals surface area contributed by atoms with Crippen LogP contribution in [0.1, 0.15) is 30.7 Å². The van der Waals surface area contributed by atoms with E-state index in [4.69, 9.17) is 4.42 Å². The minimum absolute atomic E-state index is 0.134. The number of hydrogen-bond donors (Lipinski definition) is 1. The highest BCUT2D eigenvalue weighted by Gasteiger charge is 2.21. The van der Waals surface area contributed by atoms with Gasteiger partial charge in [-0.15, -0.1) is 10.2 Å². The number of rotatable bonds is 6. The maximum Gasteiger partial charge on any atom is 0.247 e. The van der Waals surface area contributed by atoms with Crippen LogP contribution in [-0.4, -0.2) is 28.6 Å². The summed E-state index contributed by atoms with van der Waals surface area (Å²) in [5.41, 5.74) is 3.57. The zero-order valence-corrected chi connectivity index (χ0v) is 16.2. The molecule has 0 radical (unpaired) electrons. The van der Waals surface area contributed by atoms with Crippen molar-refractivity contribution in [3.63, 3.8) is 0 Å². The molecule has 148 valence electrons. The van der Waals surface area contributed by atoms with Crippen molar-refractivity contribution < 1.29 is 14.0 Å². The van der Waals surface area contributed by atoms with Crippen molar-refractivity contribution in [3.05, 3.63) is 60.0 Å². The monoisotopic (exact) mass is 390 g/mol. The van der Waals surface area contributed by atoms with Crippen molar-refractivity contribution in [1.82, 2.24) is 10.2 Å². The SMILES string of the molecule is Cc1ccc(-c2nnc(CCC(=O)Nc3ccc(N4CCCC4=O)cc3)o2)cc1. The lowest BCUT2D eigenvalue weighted by Gasteiger charge is -2.16. The zero-order chi connectivity index (χ0) is 20.2. The number of benzene rings is 2. The fourth-order valence-electron chi connectivity index (χ4n) is 3.26. The van der Waals surface area contributed by atoms with Crippen LogP contribution in [0.25, 0.3) is 11.5 Å². The molecule has 4 rings (SSSR count). The largest absolute Gasteiger partial charge is 0.421 e. The molecule has 1 saturated heterocycles. The Bertz CT molecular complexity index is 1010. The van der Waals surface area contributed by atoms with Gasteiger partial charge in [0.1, 0.15) is 0 Å². The van der Waals surface area contributed by atoms with Gasteiger partial charge in [-0.05, 0) is 49.7 Å². The van der Waals surface area contributed by atoms with Crippen LogP contribution >= 0.6 is 0 Å². The normalized spacial score (nSPS) is 13.7. The molecule has 1 N–H and O–H groups in total. The van der Waals surface area contributed by atoms with Crippen LogP contribution in [0.4, 0.5) is 11.4 Å². The fraction of sp³-hybridized carbons (Fsp3) is 0.273. The van der Waals surface area contributed by atoms with Gasteiger partial charge in [-0.2, -0.15) is 0 Å². The second kappa shape index (κ2) is 8.26. The zero-order valence-electron chi connectivity index (χ0n) is 16.2. The van der Waals surface area contributed by atoms with Gasteiger partial charge in [0.25, 0.3) is 0 Å². The number of anilines is 2. The van der Waals surface area contributed by atoms with E-state index < -0.39 is 0 Å². The molecule has 0 saturated carbocycles. The molecule has 0 aliphatic carbocycles. The maximum atomic E-state index is 12.2. The van der Waals surface area contributed by atoms with Crippen LogP contribution in [0.3, 0.4) is 0 Å². The van der Waals surface area contributed by atoms with Crippen LogP contribution in [0.15, 0.2) is 52.9 Å². The minimum Gasteiger partial charge on any atom is -0.421 e. The van der Waals surface area contributed by atoms with Crippen molar-refractivity contribution in [2.24, 2.45) is 0 Å². The summed E-state index contributed by atoms with van der Waals surface area (Å²) in [5.74, 6) is 0.891. The Hall–Kier alpha value is -3.48. The number of nitrogens with zero attached hydrogens (tertiary/aromatic N) is 3. The van der Waals surface area contributed by atoms with E-state index in [-0.39, 0.29) is 18.2 Å². The number of carbonyl (C=O) groups is 2. The van der Waals surface area contributed by atoms with Crippen LogP contribution in [0, 0.1) is 6.92 Å². The van der Waals surface area contributed by atoms with Gasteiger partial charge in [0, 0.05) is 42.7 Å². The summed E-state index contributed by atoms with van der Waals surface area (Å²) in [6, 6.07) is 15.1. The molecule has 2 aromatic carbocycles. The summed E-state index contributed by atoms with van der Waals surface area (Å²) in [6.07, 6.45) is 2.09. The molecule has 0 spiro atoms. The maximum absolute atomic E-state index is 12.2. The Balaban J connectivity index is 1.30. The van der Waals surface area contributed by atoms with Crippen molar-refractivity contribution in [2.45, 2.75) is 32.6 Å². The van der Waals surface area contributed by atoms with Gasteiger partial charge in [-0.1, -0.05) is 17.7 Å². The minimum atomic E-state index is -0.134. The average molecular weight is 390 g/mol. The summed E-state index contributed by atoms with van der Waals surface area (Å²) in [7, 11) is 0. The van der Waals surface area contributed by atoms with Gasteiger partial charge >= 0.3 is 0 Å². The number of aryl methyl sites for hydroxylation is 2. The Morgan fingerprint density at radius 2 is 1.86 bits per heavy atom. The highest BCUT2D eigenvalue weighted by Crippen LogP contribution is 2.23. The molecular weight excluding hydrogens is 368 g/mol. The molecule has 2 amide bonds. The summed E-state index contributed by atoms with van der Waals surface area (Å²) in [5, 5.41) is 10.9. The Labute approximate surface area is 168 Å². The van der Waals surface area contributed by atoms with Crippen molar-refractivity contribution in [1.29, 1.82) is 0 Å².